The molecule has 0 bridgehead atoms. The van der Waals surface area contributed by atoms with Gasteiger partial charge in [-0.2, -0.15) is 0 Å². The van der Waals surface area contributed by atoms with E-state index in [1.165, 1.54) is 17.7 Å². The maximum absolute atomic E-state index is 12.9. The summed E-state index contributed by atoms with van der Waals surface area (Å²) in [6.07, 6.45) is 4.82. The highest BCUT2D eigenvalue weighted by molar-refractivity contribution is 6.22. The molecule has 1 atom stereocenters. The first-order valence-electron chi connectivity index (χ1n) is 8.48. The number of amides is 2. The van der Waals surface area contributed by atoms with Gasteiger partial charge in [-0.05, 0) is 25.9 Å². The summed E-state index contributed by atoms with van der Waals surface area (Å²) in [7, 11) is 3.10. The standard InChI is InChI=1S/C18H24N2O4/c1-23-14-9-13(10-15(11-14)24-2)20-17(21)12-16(18(20)22)19-7-5-3-4-6-8-19/h9-11,16H,3-8,12H2,1-2H3/t16-/m1/s1. The molecule has 2 fully saturated rings. The van der Waals surface area contributed by atoms with E-state index in [9.17, 15) is 9.59 Å². The fraction of sp³-hybridized carbons (Fsp3) is 0.556. The van der Waals surface area contributed by atoms with Gasteiger partial charge >= 0.3 is 0 Å². The zero-order valence-corrected chi connectivity index (χ0v) is 14.3. The molecule has 2 heterocycles. The van der Waals surface area contributed by atoms with Crippen LogP contribution in [0.15, 0.2) is 18.2 Å². The van der Waals surface area contributed by atoms with E-state index in [1.54, 1.807) is 32.4 Å². The number of hydrogen-bond acceptors (Lipinski definition) is 5. The van der Waals surface area contributed by atoms with Crippen LogP contribution >= 0.6 is 0 Å². The molecule has 130 valence electrons. The molecule has 0 aliphatic carbocycles. The molecule has 0 saturated carbocycles. The summed E-state index contributed by atoms with van der Waals surface area (Å²) in [4.78, 5) is 28.9. The molecule has 6 heteroatoms. The van der Waals surface area contributed by atoms with Crippen molar-refractivity contribution in [2.24, 2.45) is 0 Å². The Balaban J connectivity index is 1.86. The van der Waals surface area contributed by atoms with Crippen LogP contribution in [0.1, 0.15) is 32.1 Å². The number of hydrogen-bond donors (Lipinski definition) is 0. The van der Waals surface area contributed by atoms with Gasteiger partial charge in [0.1, 0.15) is 11.5 Å². The topological polar surface area (TPSA) is 59.1 Å². The summed E-state index contributed by atoms with van der Waals surface area (Å²) in [6, 6.07) is 4.78. The van der Waals surface area contributed by atoms with Crippen molar-refractivity contribution in [1.29, 1.82) is 0 Å². The van der Waals surface area contributed by atoms with Gasteiger partial charge in [-0.25, -0.2) is 4.90 Å². The van der Waals surface area contributed by atoms with Crippen LogP contribution in [-0.2, 0) is 9.59 Å². The largest absolute Gasteiger partial charge is 0.497 e. The zero-order valence-electron chi connectivity index (χ0n) is 14.3. The first-order chi connectivity index (χ1) is 11.6. The highest BCUT2D eigenvalue weighted by Gasteiger charge is 2.42. The molecule has 2 aliphatic rings. The Bertz CT molecular complexity index is 601. The molecule has 1 aromatic rings. The van der Waals surface area contributed by atoms with Gasteiger partial charge in [0.05, 0.1) is 32.4 Å². The first kappa shape index (κ1) is 16.8. The molecule has 0 radical (unpaired) electrons. The van der Waals surface area contributed by atoms with E-state index in [2.05, 4.69) is 4.90 Å². The Hall–Kier alpha value is -2.08. The molecule has 24 heavy (non-hydrogen) atoms. The summed E-state index contributed by atoms with van der Waals surface area (Å²) in [5.41, 5.74) is 0.513. The highest BCUT2D eigenvalue weighted by Crippen LogP contribution is 2.33. The Labute approximate surface area is 142 Å². The second-order valence-electron chi connectivity index (χ2n) is 6.31. The lowest BCUT2D eigenvalue weighted by Crippen LogP contribution is -2.42. The number of benzene rings is 1. The molecule has 6 nitrogen and oxygen atoms in total. The first-order valence-corrected chi connectivity index (χ1v) is 8.48. The van der Waals surface area contributed by atoms with Gasteiger partial charge in [0.25, 0.3) is 5.91 Å². The van der Waals surface area contributed by atoms with Crippen LogP contribution in [0.5, 0.6) is 11.5 Å². The highest BCUT2D eigenvalue weighted by atomic mass is 16.5. The molecule has 2 aliphatic heterocycles. The van der Waals surface area contributed by atoms with Crippen molar-refractivity contribution in [1.82, 2.24) is 4.90 Å². The lowest BCUT2D eigenvalue weighted by atomic mass is 10.2. The molecule has 0 unspecified atom stereocenters. The lowest BCUT2D eigenvalue weighted by molar-refractivity contribution is -0.122. The van der Waals surface area contributed by atoms with E-state index in [1.807, 2.05) is 0 Å². The fourth-order valence-corrected chi connectivity index (χ4v) is 3.50. The van der Waals surface area contributed by atoms with E-state index in [0.717, 1.165) is 25.9 Å². The summed E-state index contributed by atoms with van der Waals surface area (Å²) >= 11 is 0. The van der Waals surface area contributed by atoms with Crippen LogP contribution in [0.4, 0.5) is 5.69 Å². The number of likely N-dealkylation sites (tertiary alicyclic amines) is 1. The van der Waals surface area contributed by atoms with Gasteiger partial charge in [-0.15, -0.1) is 0 Å². The van der Waals surface area contributed by atoms with E-state index >= 15 is 0 Å². The second-order valence-corrected chi connectivity index (χ2v) is 6.31. The van der Waals surface area contributed by atoms with Crippen LogP contribution in [0.25, 0.3) is 0 Å². The summed E-state index contributed by atoms with van der Waals surface area (Å²) in [6.45, 7) is 1.78. The monoisotopic (exact) mass is 332 g/mol. The Morgan fingerprint density at radius 2 is 1.50 bits per heavy atom. The number of anilines is 1. The minimum atomic E-state index is -0.340. The van der Waals surface area contributed by atoms with Crippen LogP contribution < -0.4 is 14.4 Å². The van der Waals surface area contributed by atoms with Crippen LogP contribution in [0, 0.1) is 0 Å². The number of imide groups is 1. The number of carbonyl (C=O) groups excluding carboxylic acids is 2. The van der Waals surface area contributed by atoms with Crippen molar-refractivity contribution in [3.63, 3.8) is 0 Å². The molecule has 0 N–H and O–H groups in total. The third kappa shape index (κ3) is 3.24. The predicted octanol–water partition coefficient (Wildman–Crippen LogP) is 2.21. The predicted molar refractivity (Wildman–Crippen MR) is 90.5 cm³/mol. The lowest BCUT2D eigenvalue weighted by Gasteiger charge is -2.25. The Kier molecular flexibility index (Phi) is 5.04. The van der Waals surface area contributed by atoms with Crippen molar-refractivity contribution < 1.29 is 19.1 Å². The van der Waals surface area contributed by atoms with Gasteiger partial charge in [-0.1, -0.05) is 12.8 Å². The van der Waals surface area contributed by atoms with Crippen LogP contribution in [-0.4, -0.2) is 50.1 Å². The van der Waals surface area contributed by atoms with E-state index in [4.69, 9.17) is 9.47 Å². The van der Waals surface area contributed by atoms with Crippen molar-refractivity contribution in [3.8, 4) is 11.5 Å². The molecule has 2 saturated heterocycles. The fourth-order valence-electron chi connectivity index (χ4n) is 3.50. The minimum Gasteiger partial charge on any atom is -0.497 e. The maximum atomic E-state index is 12.9. The molecule has 3 rings (SSSR count). The average Bonchev–Trinajstić information content (AvgIpc) is 2.78. The van der Waals surface area contributed by atoms with Crippen LogP contribution in [0.2, 0.25) is 0 Å². The zero-order chi connectivity index (χ0) is 17.1. The summed E-state index contributed by atoms with van der Waals surface area (Å²) in [5, 5.41) is 0. The molecular formula is C18H24N2O4. The SMILES string of the molecule is COc1cc(OC)cc(N2C(=O)C[C@@H](N3CCCCCC3)C2=O)c1. The molecule has 1 aromatic carbocycles. The number of carbonyl (C=O) groups is 2. The van der Waals surface area contributed by atoms with Crippen molar-refractivity contribution in [2.75, 3.05) is 32.2 Å². The second kappa shape index (κ2) is 7.21. The van der Waals surface area contributed by atoms with Crippen molar-refractivity contribution in [2.45, 2.75) is 38.1 Å². The molecule has 0 spiro atoms. The van der Waals surface area contributed by atoms with Gasteiger partial charge in [-0.3, -0.25) is 14.5 Å². The normalized spacial score (nSPS) is 22.6. The van der Waals surface area contributed by atoms with E-state index in [0.29, 0.717) is 17.2 Å². The average molecular weight is 332 g/mol. The van der Waals surface area contributed by atoms with Gasteiger partial charge < -0.3 is 9.47 Å². The van der Waals surface area contributed by atoms with Gasteiger partial charge in [0, 0.05) is 18.2 Å². The summed E-state index contributed by atoms with van der Waals surface area (Å²) < 4.78 is 10.5. The third-order valence-electron chi connectivity index (χ3n) is 4.80. The third-order valence-corrected chi connectivity index (χ3v) is 4.80. The Morgan fingerprint density at radius 1 is 0.917 bits per heavy atom. The number of nitrogens with zero attached hydrogens (tertiary/aromatic N) is 2. The summed E-state index contributed by atoms with van der Waals surface area (Å²) in [5.74, 6) is 0.813. The number of methoxy groups -OCH3 is 2. The van der Waals surface area contributed by atoms with Crippen molar-refractivity contribution in [3.05, 3.63) is 18.2 Å². The van der Waals surface area contributed by atoms with Crippen molar-refractivity contribution >= 4 is 17.5 Å². The van der Waals surface area contributed by atoms with E-state index in [-0.39, 0.29) is 24.3 Å². The molecule has 2 amide bonds. The number of ether oxygens (including phenoxy) is 2. The Morgan fingerprint density at radius 3 is 2.04 bits per heavy atom. The van der Waals surface area contributed by atoms with Gasteiger partial charge in [0.15, 0.2) is 0 Å². The molecule has 0 aromatic heterocycles. The van der Waals surface area contributed by atoms with E-state index < -0.39 is 0 Å². The smallest absolute Gasteiger partial charge is 0.251 e. The van der Waals surface area contributed by atoms with Crippen LogP contribution in [0.3, 0.4) is 0 Å². The minimum absolute atomic E-state index is 0.141. The molecular weight excluding hydrogens is 308 g/mol. The number of rotatable bonds is 4. The maximum Gasteiger partial charge on any atom is 0.251 e. The van der Waals surface area contributed by atoms with Gasteiger partial charge in [0.2, 0.25) is 5.91 Å². The quantitative estimate of drug-likeness (QED) is 0.791.